The van der Waals surface area contributed by atoms with Crippen molar-refractivity contribution in [2.75, 3.05) is 11.9 Å². The Morgan fingerprint density at radius 1 is 1.10 bits per heavy atom. The van der Waals surface area contributed by atoms with E-state index >= 15 is 0 Å². The van der Waals surface area contributed by atoms with Crippen molar-refractivity contribution in [3.05, 3.63) is 23.5 Å². The SMILES string of the molecule is Cc1ccc(NC2CCCC2C2CCCCN2)c(C)n1. The fourth-order valence-corrected chi connectivity index (χ4v) is 3.93. The van der Waals surface area contributed by atoms with Crippen LogP contribution in [0.25, 0.3) is 0 Å². The van der Waals surface area contributed by atoms with Crippen molar-refractivity contribution in [1.29, 1.82) is 0 Å². The molecule has 0 bridgehead atoms. The third-order valence-electron chi connectivity index (χ3n) is 5.00. The van der Waals surface area contributed by atoms with Crippen LogP contribution in [0.4, 0.5) is 5.69 Å². The molecule has 1 aromatic rings. The molecule has 3 nitrogen and oxygen atoms in total. The fourth-order valence-electron chi connectivity index (χ4n) is 3.93. The van der Waals surface area contributed by atoms with Gasteiger partial charge in [0.2, 0.25) is 0 Å². The Hall–Kier alpha value is -1.09. The quantitative estimate of drug-likeness (QED) is 0.886. The highest BCUT2D eigenvalue weighted by Gasteiger charge is 2.34. The van der Waals surface area contributed by atoms with Crippen LogP contribution in [-0.2, 0) is 0 Å². The maximum atomic E-state index is 4.58. The van der Waals surface area contributed by atoms with E-state index in [1.54, 1.807) is 0 Å². The number of rotatable bonds is 3. The Morgan fingerprint density at radius 3 is 2.75 bits per heavy atom. The van der Waals surface area contributed by atoms with Crippen LogP contribution in [0.1, 0.15) is 49.9 Å². The van der Waals surface area contributed by atoms with Crippen molar-refractivity contribution in [2.45, 2.75) is 64.5 Å². The standard InChI is InChI=1S/C17H27N3/c1-12-9-10-15(13(2)19-12)20-17-8-5-6-14(17)16-7-3-4-11-18-16/h9-10,14,16-18,20H,3-8,11H2,1-2H3. The maximum Gasteiger partial charge on any atom is 0.0606 e. The average Bonchev–Trinajstić information content (AvgIpc) is 2.91. The van der Waals surface area contributed by atoms with Gasteiger partial charge in [0.05, 0.1) is 11.4 Å². The Labute approximate surface area is 122 Å². The van der Waals surface area contributed by atoms with Crippen LogP contribution in [-0.4, -0.2) is 23.6 Å². The zero-order valence-corrected chi connectivity index (χ0v) is 12.8. The van der Waals surface area contributed by atoms with E-state index in [9.17, 15) is 0 Å². The minimum absolute atomic E-state index is 0.619. The smallest absolute Gasteiger partial charge is 0.0606 e. The first-order valence-corrected chi connectivity index (χ1v) is 8.18. The lowest BCUT2D eigenvalue weighted by molar-refractivity contribution is 0.286. The van der Waals surface area contributed by atoms with Gasteiger partial charge in [-0.05, 0) is 64.1 Å². The number of nitrogens with one attached hydrogen (secondary N) is 2. The van der Waals surface area contributed by atoms with Gasteiger partial charge >= 0.3 is 0 Å². The van der Waals surface area contributed by atoms with Crippen molar-refractivity contribution in [3.8, 4) is 0 Å². The molecule has 0 amide bonds. The number of hydrogen-bond donors (Lipinski definition) is 2. The van der Waals surface area contributed by atoms with E-state index in [4.69, 9.17) is 0 Å². The number of anilines is 1. The van der Waals surface area contributed by atoms with Gasteiger partial charge < -0.3 is 10.6 Å². The molecule has 3 rings (SSSR count). The Morgan fingerprint density at radius 2 is 2.00 bits per heavy atom. The van der Waals surface area contributed by atoms with Crippen LogP contribution in [0.2, 0.25) is 0 Å². The predicted octanol–water partition coefficient (Wildman–Crippen LogP) is 3.42. The molecule has 2 N–H and O–H groups in total. The topological polar surface area (TPSA) is 37.0 Å². The Bertz CT molecular complexity index is 452. The van der Waals surface area contributed by atoms with Crippen molar-refractivity contribution in [3.63, 3.8) is 0 Å². The van der Waals surface area contributed by atoms with Crippen molar-refractivity contribution in [1.82, 2.24) is 10.3 Å². The molecule has 110 valence electrons. The van der Waals surface area contributed by atoms with E-state index in [0.29, 0.717) is 6.04 Å². The molecule has 1 saturated heterocycles. The Balaban J connectivity index is 1.68. The summed E-state index contributed by atoms with van der Waals surface area (Å²) in [5.41, 5.74) is 3.46. The minimum Gasteiger partial charge on any atom is -0.381 e. The normalized spacial score (nSPS) is 30.4. The Kier molecular flexibility index (Phi) is 4.25. The van der Waals surface area contributed by atoms with Gasteiger partial charge in [-0.25, -0.2) is 0 Å². The lowest BCUT2D eigenvalue weighted by Gasteiger charge is -2.33. The highest BCUT2D eigenvalue weighted by atomic mass is 15.0. The molecule has 2 fully saturated rings. The number of nitrogens with zero attached hydrogens (tertiary/aromatic N) is 1. The molecule has 3 atom stereocenters. The largest absolute Gasteiger partial charge is 0.381 e. The van der Waals surface area contributed by atoms with Gasteiger partial charge in [0.25, 0.3) is 0 Å². The molecule has 3 heteroatoms. The summed E-state index contributed by atoms with van der Waals surface area (Å²) in [6, 6.07) is 5.65. The summed E-state index contributed by atoms with van der Waals surface area (Å²) in [6.45, 7) is 5.37. The summed E-state index contributed by atoms with van der Waals surface area (Å²) < 4.78 is 0. The summed E-state index contributed by atoms with van der Waals surface area (Å²) >= 11 is 0. The highest BCUT2D eigenvalue weighted by Crippen LogP contribution is 2.34. The second-order valence-corrected chi connectivity index (χ2v) is 6.49. The molecule has 1 aliphatic carbocycles. The monoisotopic (exact) mass is 273 g/mol. The van der Waals surface area contributed by atoms with Crippen LogP contribution < -0.4 is 10.6 Å². The van der Waals surface area contributed by atoms with E-state index in [2.05, 4.69) is 41.6 Å². The molecule has 3 unspecified atom stereocenters. The van der Waals surface area contributed by atoms with E-state index in [1.165, 1.54) is 50.8 Å². The number of aromatic nitrogens is 1. The molecule has 1 aliphatic heterocycles. The van der Waals surface area contributed by atoms with Crippen molar-refractivity contribution < 1.29 is 0 Å². The summed E-state index contributed by atoms with van der Waals surface area (Å²) in [4.78, 5) is 4.58. The number of piperidine rings is 1. The average molecular weight is 273 g/mol. The molecule has 1 aromatic heterocycles. The van der Waals surface area contributed by atoms with Crippen molar-refractivity contribution in [2.24, 2.45) is 5.92 Å². The van der Waals surface area contributed by atoms with Crippen LogP contribution in [0.5, 0.6) is 0 Å². The number of aryl methyl sites for hydroxylation is 2. The second kappa shape index (κ2) is 6.13. The van der Waals surface area contributed by atoms with Gasteiger partial charge in [-0.15, -0.1) is 0 Å². The first kappa shape index (κ1) is 13.9. The second-order valence-electron chi connectivity index (χ2n) is 6.49. The van der Waals surface area contributed by atoms with Crippen LogP contribution in [0.15, 0.2) is 12.1 Å². The first-order valence-electron chi connectivity index (χ1n) is 8.18. The molecular weight excluding hydrogens is 246 g/mol. The summed E-state index contributed by atoms with van der Waals surface area (Å²) in [6.07, 6.45) is 8.13. The molecule has 2 aliphatic rings. The zero-order chi connectivity index (χ0) is 13.9. The highest BCUT2D eigenvalue weighted by molar-refractivity contribution is 5.48. The molecule has 0 spiro atoms. The third-order valence-corrected chi connectivity index (χ3v) is 5.00. The summed E-state index contributed by atoms with van der Waals surface area (Å²) in [7, 11) is 0. The van der Waals surface area contributed by atoms with E-state index in [1.807, 2.05) is 0 Å². The summed E-state index contributed by atoms with van der Waals surface area (Å²) in [5, 5.41) is 7.53. The maximum absolute atomic E-state index is 4.58. The predicted molar refractivity (Wildman–Crippen MR) is 84.1 cm³/mol. The lowest BCUT2D eigenvalue weighted by atomic mass is 9.88. The van der Waals surface area contributed by atoms with Crippen LogP contribution in [0.3, 0.4) is 0 Å². The molecule has 20 heavy (non-hydrogen) atoms. The summed E-state index contributed by atoms with van der Waals surface area (Å²) in [5.74, 6) is 0.788. The van der Waals surface area contributed by atoms with Gasteiger partial charge in [0, 0.05) is 17.8 Å². The van der Waals surface area contributed by atoms with Gasteiger partial charge in [-0.1, -0.05) is 12.8 Å². The van der Waals surface area contributed by atoms with Crippen molar-refractivity contribution >= 4 is 5.69 Å². The first-order chi connectivity index (χ1) is 9.74. The van der Waals surface area contributed by atoms with E-state index in [-0.39, 0.29) is 0 Å². The van der Waals surface area contributed by atoms with E-state index < -0.39 is 0 Å². The van der Waals surface area contributed by atoms with Gasteiger partial charge in [-0.2, -0.15) is 0 Å². The lowest BCUT2D eigenvalue weighted by Crippen LogP contribution is -2.44. The molecule has 2 heterocycles. The van der Waals surface area contributed by atoms with Crippen LogP contribution >= 0.6 is 0 Å². The minimum atomic E-state index is 0.619. The van der Waals surface area contributed by atoms with Gasteiger partial charge in [0.15, 0.2) is 0 Å². The molecule has 1 saturated carbocycles. The van der Waals surface area contributed by atoms with Gasteiger partial charge in [-0.3, -0.25) is 4.98 Å². The molecule has 0 radical (unpaired) electrons. The molecule has 0 aromatic carbocycles. The van der Waals surface area contributed by atoms with Crippen LogP contribution in [0, 0.1) is 19.8 Å². The third kappa shape index (κ3) is 2.98. The zero-order valence-electron chi connectivity index (χ0n) is 12.8. The fraction of sp³-hybridized carbons (Fsp3) is 0.706. The van der Waals surface area contributed by atoms with Gasteiger partial charge in [0.1, 0.15) is 0 Å². The number of pyridine rings is 1. The van der Waals surface area contributed by atoms with E-state index in [0.717, 1.165) is 23.3 Å². The molecular formula is C17H27N3. The number of hydrogen-bond acceptors (Lipinski definition) is 3.